The minimum atomic E-state index is -1.05. The van der Waals surface area contributed by atoms with Gasteiger partial charge in [0.05, 0.1) is 23.9 Å². The Morgan fingerprint density at radius 3 is 2.44 bits per heavy atom. The summed E-state index contributed by atoms with van der Waals surface area (Å²) >= 11 is 0. The molecule has 0 spiro atoms. The second kappa shape index (κ2) is 17.4. The third-order valence-electron chi connectivity index (χ3n) is 13.2. The number of aryl methyl sites for hydroxylation is 1. The fourth-order valence-electron chi connectivity index (χ4n) is 9.49. The van der Waals surface area contributed by atoms with Gasteiger partial charge in [0.2, 0.25) is 5.95 Å². The number of carbonyl (C=O) groups is 1. The summed E-state index contributed by atoms with van der Waals surface area (Å²) in [6, 6.07) is 18.7. The summed E-state index contributed by atoms with van der Waals surface area (Å²) < 4.78 is 27.4. The largest absolute Gasteiger partial charge is 0.444 e. The molecule has 5 aromatic rings. The van der Waals surface area contributed by atoms with Crippen LogP contribution in [0.1, 0.15) is 96.7 Å². The molecule has 1 amide bonds. The first kappa shape index (κ1) is 42.5. The van der Waals surface area contributed by atoms with Gasteiger partial charge in [0.15, 0.2) is 11.9 Å². The number of ether oxygens (including phenoxy) is 4. The van der Waals surface area contributed by atoms with Gasteiger partial charge in [-0.15, -0.1) is 0 Å². The van der Waals surface area contributed by atoms with Crippen LogP contribution < -0.4 is 15.8 Å². The van der Waals surface area contributed by atoms with Crippen LogP contribution >= 0.6 is 0 Å². The van der Waals surface area contributed by atoms with Crippen LogP contribution in [0.25, 0.3) is 32.9 Å². The molecule has 1 aliphatic carbocycles. The van der Waals surface area contributed by atoms with Crippen molar-refractivity contribution in [3.05, 3.63) is 88.6 Å². The molecule has 62 heavy (non-hydrogen) atoms. The predicted molar refractivity (Wildman–Crippen MR) is 241 cm³/mol. The number of nitrogens with zero attached hydrogens (tertiary/aromatic N) is 5. The van der Waals surface area contributed by atoms with E-state index in [9.17, 15) is 9.59 Å². The number of hydrogen-bond acceptors (Lipinski definition) is 10. The third kappa shape index (κ3) is 9.27. The van der Waals surface area contributed by atoms with E-state index in [-0.39, 0.29) is 36.2 Å². The van der Waals surface area contributed by atoms with E-state index < -0.39 is 11.2 Å². The third-order valence-corrected chi connectivity index (χ3v) is 13.2. The Morgan fingerprint density at radius 2 is 1.73 bits per heavy atom. The number of hydrogen-bond donors (Lipinski definition) is 2. The number of aromatic nitrogens is 4. The molecular weight excluding hydrogens is 783 g/mol. The van der Waals surface area contributed by atoms with Crippen molar-refractivity contribution in [2.24, 2.45) is 13.0 Å². The van der Waals surface area contributed by atoms with Gasteiger partial charge in [-0.3, -0.25) is 4.79 Å². The van der Waals surface area contributed by atoms with E-state index >= 15 is 0 Å². The number of rotatable bonds is 12. The number of aromatic amines is 1. The van der Waals surface area contributed by atoms with Gasteiger partial charge in [-0.2, -0.15) is 0 Å². The number of likely N-dealkylation sites (tertiary alicyclic amines) is 1. The number of benzene rings is 2. The van der Waals surface area contributed by atoms with Crippen LogP contribution in [0.15, 0.2) is 71.8 Å². The van der Waals surface area contributed by atoms with E-state index in [0.29, 0.717) is 24.0 Å². The summed E-state index contributed by atoms with van der Waals surface area (Å²) in [4.78, 5) is 44.6. The zero-order valence-corrected chi connectivity index (χ0v) is 37.1. The van der Waals surface area contributed by atoms with Crippen molar-refractivity contribution >= 4 is 33.8 Å². The lowest BCUT2D eigenvalue weighted by Gasteiger charge is -2.42. The van der Waals surface area contributed by atoms with Gasteiger partial charge in [0, 0.05) is 80.6 Å². The van der Waals surface area contributed by atoms with E-state index in [1.54, 1.807) is 11.6 Å². The molecular formula is C49H63N7O6. The Kier molecular flexibility index (Phi) is 11.9. The second-order valence-electron chi connectivity index (χ2n) is 19.4. The van der Waals surface area contributed by atoms with Crippen LogP contribution in [-0.2, 0) is 31.6 Å². The van der Waals surface area contributed by atoms with Gasteiger partial charge in [0.25, 0.3) is 5.56 Å². The molecule has 2 N–H and O–H groups in total. The molecule has 3 aliphatic heterocycles. The standard InChI is InChI=1S/C49H63N7O6/c1-47(2,3)62-46(58)53-48(4)21-26-55(27-22-48)30-33-19-24-56(25-20-33)45-51-40-17-14-34(39-31-54(5)44(57)42-37(39)18-23-50-42)29-38(40)43(52-45)49(61-36-15-16-36,35-11-7-6-8-12-35)32-60-41-13-9-10-28-59-41/h6-8,11-12,14,17-18,23,29,31,33,36,41,50H,9-10,13,15-16,19-22,24-28,30,32H2,1-5H3,(H,53,58). The molecule has 0 radical (unpaired) electrons. The highest BCUT2D eigenvalue weighted by Crippen LogP contribution is 2.44. The fourth-order valence-corrected chi connectivity index (χ4v) is 9.49. The Hall–Kier alpha value is -4.82. The highest BCUT2D eigenvalue weighted by Gasteiger charge is 2.45. The van der Waals surface area contributed by atoms with E-state index in [2.05, 4.69) is 69.5 Å². The lowest BCUT2D eigenvalue weighted by atomic mass is 9.87. The Labute approximate surface area is 364 Å². The van der Waals surface area contributed by atoms with Crippen molar-refractivity contribution in [1.82, 2.24) is 29.7 Å². The molecule has 6 heterocycles. The molecule has 2 unspecified atom stereocenters. The first-order valence-electron chi connectivity index (χ1n) is 22.8. The van der Waals surface area contributed by atoms with Crippen molar-refractivity contribution in [1.29, 1.82) is 0 Å². The molecule has 0 bridgehead atoms. The normalized spacial score (nSPS) is 21.2. The number of carbonyl (C=O) groups excluding carboxylic acids is 1. The van der Waals surface area contributed by atoms with Crippen molar-refractivity contribution < 1.29 is 23.7 Å². The quantitative estimate of drug-likeness (QED) is 0.127. The summed E-state index contributed by atoms with van der Waals surface area (Å²) in [6.45, 7) is 13.4. The summed E-state index contributed by atoms with van der Waals surface area (Å²) in [5, 5.41) is 4.90. The molecule has 3 aromatic heterocycles. The number of anilines is 1. The van der Waals surface area contributed by atoms with Gasteiger partial charge < -0.3 is 43.6 Å². The number of nitrogens with one attached hydrogen (secondary N) is 2. The van der Waals surface area contributed by atoms with Gasteiger partial charge in [-0.25, -0.2) is 14.8 Å². The molecule has 2 atom stereocenters. The molecule has 4 fully saturated rings. The molecule has 330 valence electrons. The topological polar surface area (TPSA) is 136 Å². The molecule has 13 heteroatoms. The number of amides is 1. The Balaban J connectivity index is 1.03. The van der Waals surface area contributed by atoms with Crippen LogP contribution in [0.2, 0.25) is 0 Å². The molecule has 13 nitrogen and oxygen atoms in total. The monoisotopic (exact) mass is 845 g/mol. The summed E-state index contributed by atoms with van der Waals surface area (Å²) in [6.07, 6.45) is 11.9. The fraction of sp³-hybridized carbons (Fsp3) is 0.551. The zero-order valence-electron chi connectivity index (χ0n) is 37.1. The molecule has 4 aliphatic rings. The van der Waals surface area contributed by atoms with Gasteiger partial charge in [-0.05, 0) is 121 Å². The van der Waals surface area contributed by atoms with Crippen molar-refractivity contribution in [2.45, 2.75) is 115 Å². The lowest BCUT2D eigenvalue weighted by molar-refractivity contribution is -0.197. The van der Waals surface area contributed by atoms with Gasteiger partial charge in [-0.1, -0.05) is 36.4 Å². The second-order valence-corrected chi connectivity index (χ2v) is 19.4. The predicted octanol–water partition coefficient (Wildman–Crippen LogP) is 8.04. The van der Waals surface area contributed by atoms with E-state index in [1.165, 1.54) is 0 Å². The zero-order chi connectivity index (χ0) is 43.1. The van der Waals surface area contributed by atoms with Crippen LogP contribution in [0, 0.1) is 5.92 Å². The average molecular weight is 846 g/mol. The van der Waals surface area contributed by atoms with E-state index in [0.717, 1.165) is 129 Å². The summed E-state index contributed by atoms with van der Waals surface area (Å²) in [5.74, 6) is 1.25. The van der Waals surface area contributed by atoms with Gasteiger partial charge in [0.1, 0.15) is 11.1 Å². The number of H-pyrrole nitrogens is 1. The maximum atomic E-state index is 13.1. The minimum Gasteiger partial charge on any atom is -0.444 e. The van der Waals surface area contributed by atoms with E-state index in [1.807, 2.05) is 45.3 Å². The lowest BCUT2D eigenvalue weighted by Crippen LogP contribution is -2.55. The maximum absolute atomic E-state index is 13.1. The van der Waals surface area contributed by atoms with Crippen LogP contribution in [0.4, 0.5) is 10.7 Å². The maximum Gasteiger partial charge on any atom is 0.408 e. The Bertz CT molecular complexity index is 2420. The van der Waals surface area contributed by atoms with Crippen LogP contribution in [0.5, 0.6) is 0 Å². The van der Waals surface area contributed by atoms with Crippen molar-refractivity contribution in [3.8, 4) is 11.1 Å². The first-order chi connectivity index (χ1) is 29.8. The van der Waals surface area contributed by atoms with Crippen LogP contribution in [0.3, 0.4) is 0 Å². The summed E-state index contributed by atoms with van der Waals surface area (Å²) in [7, 11) is 1.79. The smallest absolute Gasteiger partial charge is 0.408 e. The molecule has 9 rings (SSSR count). The van der Waals surface area contributed by atoms with E-state index in [4.69, 9.17) is 28.9 Å². The SMILES string of the molecule is Cn1cc(-c2ccc3nc(N4CCC(CN5CCC(C)(NC(=O)OC(C)(C)C)CC5)CC4)nc(C(COC4CCCCO4)(OC4CC4)c4ccccc4)c3c2)c2cc[nH]c2c1=O. The van der Waals surface area contributed by atoms with Crippen LogP contribution in [-0.4, -0.2) is 100.0 Å². The van der Waals surface area contributed by atoms with Gasteiger partial charge >= 0.3 is 6.09 Å². The molecule has 2 aromatic carbocycles. The minimum absolute atomic E-state index is 0.0681. The number of pyridine rings is 1. The highest BCUT2D eigenvalue weighted by molar-refractivity contribution is 5.97. The first-order valence-corrected chi connectivity index (χ1v) is 22.8. The molecule has 1 saturated carbocycles. The highest BCUT2D eigenvalue weighted by atomic mass is 16.7. The number of alkyl carbamates (subject to hydrolysis) is 1. The van der Waals surface area contributed by atoms with Crippen molar-refractivity contribution in [3.63, 3.8) is 0 Å². The summed E-state index contributed by atoms with van der Waals surface area (Å²) in [5.41, 5.74) is 3.16. The average Bonchev–Trinajstić information content (AvgIpc) is 3.94. The number of piperidine rings is 2. The number of fused-ring (bicyclic) bond motifs is 2. The van der Waals surface area contributed by atoms with Crippen molar-refractivity contribution in [2.75, 3.05) is 50.8 Å². The Morgan fingerprint density at radius 1 is 0.952 bits per heavy atom. The molecule has 3 saturated heterocycles.